The fraction of sp³-hybridized carbons (Fsp3) is 0.857. The molecular weight excluding hydrogens is 230 g/mol. The van der Waals surface area contributed by atoms with E-state index in [0.717, 1.165) is 25.3 Å². The van der Waals surface area contributed by atoms with E-state index in [-0.39, 0.29) is 12.3 Å². The van der Waals surface area contributed by atoms with Crippen LogP contribution in [0.2, 0.25) is 0 Å². The quantitative estimate of drug-likeness (QED) is 0.678. The van der Waals surface area contributed by atoms with Gasteiger partial charge in [-0.3, -0.25) is 9.59 Å². The molecule has 1 heterocycles. The van der Waals surface area contributed by atoms with Crippen molar-refractivity contribution in [2.75, 3.05) is 13.1 Å². The SMILES string of the molecule is CC(C)CCCCCCN1CC(C(=O)O)CC1=O. The lowest BCUT2D eigenvalue weighted by Gasteiger charge is -2.15. The lowest BCUT2D eigenvalue weighted by atomic mass is 10.0. The fourth-order valence-corrected chi connectivity index (χ4v) is 2.36. The topological polar surface area (TPSA) is 57.6 Å². The third-order valence-corrected chi connectivity index (χ3v) is 3.52. The van der Waals surface area contributed by atoms with E-state index in [0.29, 0.717) is 6.54 Å². The Balaban J connectivity index is 2.09. The van der Waals surface area contributed by atoms with E-state index < -0.39 is 11.9 Å². The first-order valence-corrected chi connectivity index (χ1v) is 7.01. The fourth-order valence-electron chi connectivity index (χ4n) is 2.36. The Morgan fingerprint density at radius 1 is 1.33 bits per heavy atom. The van der Waals surface area contributed by atoms with Gasteiger partial charge in [0.2, 0.25) is 5.91 Å². The zero-order valence-electron chi connectivity index (χ0n) is 11.5. The van der Waals surface area contributed by atoms with Gasteiger partial charge >= 0.3 is 5.97 Å². The first kappa shape index (κ1) is 15.0. The number of nitrogens with zero attached hydrogens (tertiary/aromatic N) is 1. The van der Waals surface area contributed by atoms with Crippen molar-refractivity contribution < 1.29 is 14.7 Å². The Hall–Kier alpha value is -1.06. The maximum absolute atomic E-state index is 11.6. The van der Waals surface area contributed by atoms with Crippen molar-refractivity contribution in [2.24, 2.45) is 11.8 Å². The van der Waals surface area contributed by atoms with E-state index in [1.165, 1.54) is 19.3 Å². The first-order chi connectivity index (χ1) is 8.50. The maximum Gasteiger partial charge on any atom is 0.308 e. The molecular formula is C14H25NO3. The highest BCUT2D eigenvalue weighted by molar-refractivity contribution is 5.86. The summed E-state index contributed by atoms with van der Waals surface area (Å²) >= 11 is 0. The van der Waals surface area contributed by atoms with Crippen LogP contribution in [-0.2, 0) is 9.59 Å². The maximum atomic E-state index is 11.6. The molecule has 0 spiro atoms. The van der Waals surface area contributed by atoms with Crippen LogP contribution in [0.5, 0.6) is 0 Å². The molecule has 18 heavy (non-hydrogen) atoms. The Kier molecular flexibility index (Phi) is 6.16. The van der Waals surface area contributed by atoms with Gasteiger partial charge in [0.25, 0.3) is 0 Å². The van der Waals surface area contributed by atoms with E-state index in [9.17, 15) is 9.59 Å². The molecule has 0 aromatic heterocycles. The van der Waals surface area contributed by atoms with Crippen LogP contribution in [0.4, 0.5) is 0 Å². The minimum Gasteiger partial charge on any atom is -0.481 e. The summed E-state index contributed by atoms with van der Waals surface area (Å²) in [6, 6.07) is 0. The van der Waals surface area contributed by atoms with E-state index in [1.807, 2.05) is 0 Å². The van der Waals surface area contributed by atoms with Crippen LogP contribution in [0, 0.1) is 11.8 Å². The molecule has 1 amide bonds. The highest BCUT2D eigenvalue weighted by Gasteiger charge is 2.33. The number of carboxylic acid groups (broad SMARTS) is 1. The molecule has 104 valence electrons. The normalized spacial score (nSPS) is 19.8. The van der Waals surface area contributed by atoms with Crippen LogP contribution in [0.3, 0.4) is 0 Å². The van der Waals surface area contributed by atoms with Gasteiger partial charge in [0.1, 0.15) is 0 Å². The van der Waals surface area contributed by atoms with Crippen molar-refractivity contribution in [3.8, 4) is 0 Å². The molecule has 1 aliphatic heterocycles. The summed E-state index contributed by atoms with van der Waals surface area (Å²) in [7, 11) is 0. The number of amides is 1. The lowest BCUT2D eigenvalue weighted by molar-refractivity contribution is -0.141. The van der Waals surface area contributed by atoms with Crippen molar-refractivity contribution >= 4 is 11.9 Å². The van der Waals surface area contributed by atoms with Crippen molar-refractivity contribution in [1.82, 2.24) is 4.90 Å². The van der Waals surface area contributed by atoms with Gasteiger partial charge in [-0.05, 0) is 12.3 Å². The van der Waals surface area contributed by atoms with Crippen LogP contribution in [0.1, 0.15) is 52.4 Å². The molecule has 0 aliphatic carbocycles. The Morgan fingerprint density at radius 2 is 2.00 bits per heavy atom. The minimum absolute atomic E-state index is 0.00424. The number of carbonyl (C=O) groups excluding carboxylic acids is 1. The van der Waals surface area contributed by atoms with Gasteiger partial charge in [-0.25, -0.2) is 0 Å². The predicted molar refractivity (Wildman–Crippen MR) is 70.2 cm³/mol. The van der Waals surface area contributed by atoms with Gasteiger partial charge < -0.3 is 10.0 Å². The summed E-state index contributed by atoms with van der Waals surface area (Å²) in [4.78, 5) is 24.1. The van der Waals surface area contributed by atoms with Gasteiger partial charge in [0, 0.05) is 19.5 Å². The van der Waals surface area contributed by atoms with Gasteiger partial charge in [0.15, 0.2) is 0 Å². The third-order valence-electron chi connectivity index (χ3n) is 3.52. The van der Waals surface area contributed by atoms with Gasteiger partial charge in [-0.15, -0.1) is 0 Å². The molecule has 1 aliphatic rings. The number of carbonyl (C=O) groups is 2. The van der Waals surface area contributed by atoms with Crippen molar-refractivity contribution in [2.45, 2.75) is 52.4 Å². The van der Waals surface area contributed by atoms with Gasteiger partial charge in [-0.1, -0.05) is 39.5 Å². The lowest BCUT2D eigenvalue weighted by Crippen LogP contribution is -2.27. The predicted octanol–water partition coefficient (Wildman–Crippen LogP) is 2.53. The molecule has 0 radical (unpaired) electrons. The number of carboxylic acids is 1. The van der Waals surface area contributed by atoms with Crippen molar-refractivity contribution in [3.05, 3.63) is 0 Å². The third kappa shape index (κ3) is 5.07. The standard InChI is InChI=1S/C14H25NO3/c1-11(2)7-5-3-4-6-8-15-10-12(14(17)18)9-13(15)16/h11-12H,3-10H2,1-2H3,(H,17,18). The summed E-state index contributed by atoms with van der Waals surface area (Å²) in [6.45, 7) is 5.59. The second-order valence-electron chi connectivity index (χ2n) is 5.68. The van der Waals surface area contributed by atoms with Crippen molar-refractivity contribution in [1.29, 1.82) is 0 Å². The first-order valence-electron chi connectivity index (χ1n) is 7.01. The van der Waals surface area contributed by atoms with E-state index in [2.05, 4.69) is 13.8 Å². The number of unbranched alkanes of at least 4 members (excludes halogenated alkanes) is 3. The molecule has 1 fully saturated rings. The number of likely N-dealkylation sites (tertiary alicyclic amines) is 1. The molecule has 0 aromatic rings. The molecule has 0 saturated carbocycles. The molecule has 0 bridgehead atoms. The zero-order chi connectivity index (χ0) is 13.5. The van der Waals surface area contributed by atoms with Crippen LogP contribution in [0.25, 0.3) is 0 Å². The molecule has 1 saturated heterocycles. The highest BCUT2D eigenvalue weighted by atomic mass is 16.4. The number of hydrogen-bond acceptors (Lipinski definition) is 2. The smallest absolute Gasteiger partial charge is 0.308 e. The molecule has 4 heteroatoms. The number of aliphatic carboxylic acids is 1. The van der Waals surface area contributed by atoms with Gasteiger partial charge in [0.05, 0.1) is 5.92 Å². The molecule has 1 rings (SSSR count). The van der Waals surface area contributed by atoms with Crippen LogP contribution >= 0.6 is 0 Å². The molecule has 1 unspecified atom stereocenters. The second kappa shape index (κ2) is 7.39. The van der Waals surface area contributed by atoms with Crippen LogP contribution in [-0.4, -0.2) is 35.0 Å². The number of hydrogen-bond donors (Lipinski definition) is 1. The van der Waals surface area contributed by atoms with Crippen molar-refractivity contribution in [3.63, 3.8) is 0 Å². The van der Waals surface area contributed by atoms with E-state index in [1.54, 1.807) is 4.90 Å². The molecule has 0 aromatic carbocycles. The Labute approximate surface area is 109 Å². The summed E-state index contributed by atoms with van der Waals surface area (Å²) in [6.07, 6.45) is 6.04. The second-order valence-corrected chi connectivity index (χ2v) is 5.68. The Morgan fingerprint density at radius 3 is 2.56 bits per heavy atom. The Bertz CT molecular complexity index is 289. The average Bonchev–Trinajstić information content (AvgIpc) is 2.65. The van der Waals surface area contributed by atoms with E-state index in [4.69, 9.17) is 5.11 Å². The monoisotopic (exact) mass is 255 g/mol. The summed E-state index contributed by atoms with van der Waals surface area (Å²) in [5, 5.41) is 8.86. The average molecular weight is 255 g/mol. The van der Waals surface area contributed by atoms with Crippen LogP contribution in [0.15, 0.2) is 0 Å². The summed E-state index contributed by atoms with van der Waals surface area (Å²) in [5.74, 6) is -0.563. The highest BCUT2D eigenvalue weighted by Crippen LogP contribution is 2.19. The molecule has 4 nitrogen and oxygen atoms in total. The molecule has 1 N–H and O–H groups in total. The van der Waals surface area contributed by atoms with Gasteiger partial charge in [-0.2, -0.15) is 0 Å². The molecule has 1 atom stereocenters. The summed E-state index contributed by atoms with van der Waals surface area (Å²) < 4.78 is 0. The van der Waals surface area contributed by atoms with E-state index >= 15 is 0 Å². The largest absolute Gasteiger partial charge is 0.481 e. The zero-order valence-corrected chi connectivity index (χ0v) is 11.5. The van der Waals surface area contributed by atoms with Crippen LogP contribution < -0.4 is 0 Å². The summed E-state index contributed by atoms with van der Waals surface area (Å²) in [5.41, 5.74) is 0. The number of rotatable bonds is 8. The minimum atomic E-state index is -0.845.